The summed E-state index contributed by atoms with van der Waals surface area (Å²) in [5, 5.41) is 8.68. The Morgan fingerprint density at radius 1 is 1.53 bits per heavy atom. The van der Waals surface area contributed by atoms with Gasteiger partial charge in [-0.1, -0.05) is 0 Å². The van der Waals surface area contributed by atoms with Crippen LogP contribution in [0, 0.1) is 6.92 Å². The monoisotopic (exact) mass is 326 g/mol. The number of rotatable bonds is 5. The highest BCUT2D eigenvalue weighted by Gasteiger charge is 2.19. The van der Waals surface area contributed by atoms with Crippen LogP contribution in [0.4, 0.5) is 0 Å². The Bertz CT molecular complexity index is 559. The van der Waals surface area contributed by atoms with Crippen molar-refractivity contribution in [3.63, 3.8) is 0 Å². The van der Waals surface area contributed by atoms with Crippen molar-refractivity contribution in [2.75, 3.05) is 0 Å². The zero-order valence-electron chi connectivity index (χ0n) is 11.4. The zero-order chi connectivity index (χ0) is 14.0. The van der Waals surface area contributed by atoms with Gasteiger partial charge in [-0.2, -0.15) is 10.2 Å². The fourth-order valence-electron chi connectivity index (χ4n) is 2.15. The van der Waals surface area contributed by atoms with Gasteiger partial charge < -0.3 is 0 Å². The van der Waals surface area contributed by atoms with Crippen LogP contribution < -0.4 is 11.3 Å². The zero-order valence-corrected chi connectivity index (χ0v) is 13.0. The largest absolute Gasteiger partial charge is 0.275 e. The maximum absolute atomic E-state index is 5.68. The summed E-state index contributed by atoms with van der Waals surface area (Å²) in [6.07, 6.45) is 4.56. The summed E-state index contributed by atoms with van der Waals surface area (Å²) in [5.74, 6) is 5.68. The molecular formula is C12H19BrN6. The molecule has 0 aliphatic heterocycles. The topological polar surface area (TPSA) is 73.7 Å². The Balaban J connectivity index is 2.28. The number of aryl methyl sites for hydroxylation is 3. The van der Waals surface area contributed by atoms with Gasteiger partial charge in [-0.25, -0.2) is 0 Å². The second kappa shape index (κ2) is 5.85. The van der Waals surface area contributed by atoms with Gasteiger partial charge in [-0.05, 0) is 29.8 Å². The minimum Gasteiger partial charge on any atom is -0.275 e. The highest BCUT2D eigenvalue weighted by Crippen LogP contribution is 2.26. The second-order valence-electron chi connectivity index (χ2n) is 4.53. The van der Waals surface area contributed by atoms with E-state index in [1.54, 1.807) is 4.68 Å². The highest BCUT2D eigenvalue weighted by atomic mass is 79.9. The number of nitrogens with one attached hydrogen (secondary N) is 1. The first-order valence-electron chi connectivity index (χ1n) is 6.23. The van der Waals surface area contributed by atoms with Crippen LogP contribution in [-0.2, 0) is 20.0 Å². The first-order chi connectivity index (χ1) is 9.06. The predicted molar refractivity (Wildman–Crippen MR) is 77.3 cm³/mol. The summed E-state index contributed by atoms with van der Waals surface area (Å²) in [6.45, 7) is 4.91. The molecular weight excluding hydrogens is 308 g/mol. The van der Waals surface area contributed by atoms with Crippen molar-refractivity contribution in [3.05, 3.63) is 33.8 Å². The summed E-state index contributed by atoms with van der Waals surface area (Å²) < 4.78 is 4.83. The average Bonchev–Trinajstić information content (AvgIpc) is 2.93. The summed E-state index contributed by atoms with van der Waals surface area (Å²) in [6, 6.07) is 0.0198. The smallest absolute Gasteiger partial charge is 0.0738 e. The molecule has 2 rings (SSSR count). The van der Waals surface area contributed by atoms with Crippen molar-refractivity contribution in [1.82, 2.24) is 25.0 Å². The summed E-state index contributed by atoms with van der Waals surface area (Å²) >= 11 is 3.60. The molecule has 2 aromatic heterocycles. The third-order valence-corrected chi connectivity index (χ3v) is 4.21. The van der Waals surface area contributed by atoms with Gasteiger partial charge in [0.2, 0.25) is 0 Å². The van der Waals surface area contributed by atoms with E-state index in [9.17, 15) is 0 Å². The van der Waals surface area contributed by atoms with Gasteiger partial charge in [0.15, 0.2) is 0 Å². The molecule has 19 heavy (non-hydrogen) atoms. The van der Waals surface area contributed by atoms with E-state index in [4.69, 9.17) is 5.84 Å². The number of nitrogens with two attached hydrogens (primary N) is 1. The first-order valence-corrected chi connectivity index (χ1v) is 7.02. The fourth-order valence-corrected chi connectivity index (χ4v) is 2.60. The number of hydrazine groups is 1. The quantitative estimate of drug-likeness (QED) is 0.644. The summed E-state index contributed by atoms with van der Waals surface area (Å²) in [5.41, 5.74) is 6.06. The van der Waals surface area contributed by atoms with E-state index >= 15 is 0 Å². The van der Waals surface area contributed by atoms with E-state index in [1.807, 2.05) is 31.0 Å². The van der Waals surface area contributed by atoms with Gasteiger partial charge in [0.1, 0.15) is 0 Å². The molecule has 0 saturated carbocycles. The molecule has 0 aliphatic rings. The van der Waals surface area contributed by atoms with Crippen molar-refractivity contribution in [2.45, 2.75) is 32.9 Å². The van der Waals surface area contributed by atoms with Crippen LogP contribution >= 0.6 is 15.9 Å². The van der Waals surface area contributed by atoms with Crippen molar-refractivity contribution in [1.29, 1.82) is 0 Å². The molecule has 7 heteroatoms. The van der Waals surface area contributed by atoms with Gasteiger partial charge >= 0.3 is 0 Å². The lowest BCUT2D eigenvalue weighted by Gasteiger charge is -2.15. The molecule has 2 aromatic rings. The predicted octanol–water partition coefficient (Wildman–Crippen LogP) is 1.45. The Morgan fingerprint density at radius 2 is 2.26 bits per heavy atom. The molecule has 0 aliphatic carbocycles. The molecule has 1 atom stereocenters. The molecule has 6 nitrogen and oxygen atoms in total. The number of aromatic nitrogens is 4. The molecule has 1 unspecified atom stereocenters. The van der Waals surface area contributed by atoms with E-state index in [0.29, 0.717) is 0 Å². The molecule has 2 heterocycles. The Morgan fingerprint density at radius 3 is 2.79 bits per heavy atom. The number of hydrogen-bond acceptors (Lipinski definition) is 4. The lowest BCUT2D eigenvalue weighted by Crippen LogP contribution is -2.30. The third-order valence-electron chi connectivity index (χ3n) is 3.18. The lowest BCUT2D eigenvalue weighted by molar-refractivity contribution is 0.515. The van der Waals surface area contributed by atoms with Crippen LogP contribution in [-0.4, -0.2) is 19.6 Å². The third kappa shape index (κ3) is 2.88. The SMILES string of the molecule is CCn1nc(C)c(Br)c1CC(NN)c1cnn(C)c1. The van der Waals surface area contributed by atoms with Crippen LogP contribution in [0.2, 0.25) is 0 Å². The van der Waals surface area contributed by atoms with Gasteiger partial charge in [-0.3, -0.25) is 20.6 Å². The van der Waals surface area contributed by atoms with E-state index in [-0.39, 0.29) is 6.04 Å². The molecule has 3 N–H and O–H groups in total. The maximum atomic E-state index is 5.68. The van der Waals surface area contributed by atoms with Gasteiger partial charge in [0, 0.05) is 31.8 Å². The number of halogens is 1. The fraction of sp³-hybridized carbons (Fsp3) is 0.500. The maximum Gasteiger partial charge on any atom is 0.0738 e. The van der Waals surface area contributed by atoms with Crippen molar-refractivity contribution >= 4 is 15.9 Å². The van der Waals surface area contributed by atoms with Crippen molar-refractivity contribution < 1.29 is 0 Å². The second-order valence-corrected chi connectivity index (χ2v) is 5.33. The van der Waals surface area contributed by atoms with E-state index in [0.717, 1.165) is 34.4 Å². The summed E-state index contributed by atoms with van der Waals surface area (Å²) in [7, 11) is 1.90. The molecule has 104 valence electrons. The molecule has 0 fully saturated rings. The van der Waals surface area contributed by atoms with Crippen LogP contribution in [0.1, 0.15) is 29.9 Å². The van der Waals surface area contributed by atoms with E-state index < -0.39 is 0 Å². The number of hydrogen-bond donors (Lipinski definition) is 2. The Labute approximate surface area is 121 Å². The summed E-state index contributed by atoms with van der Waals surface area (Å²) in [4.78, 5) is 0. The average molecular weight is 327 g/mol. The highest BCUT2D eigenvalue weighted by molar-refractivity contribution is 9.10. The molecule has 0 spiro atoms. The molecule has 0 saturated heterocycles. The van der Waals surface area contributed by atoms with Crippen LogP contribution in [0.25, 0.3) is 0 Å². The van der Waals surface area contributed by atoms with Crippen LogP contribution in [0.5, 0.6) is 0 Å². The van der Waals surface area contributed by atoms with Crippen LogP contribution in [0.15, 0.2) is 16.9 Å². The normalized spacial score (nSPS) is 12.9. The standard InChI is InChI=1S/C12H19BrN6/c1-4-19-11(12(13)8(2)17-19)5-10(16-14)9-6-15-18(3)7-9/h6-7,10,16H,4-5,14H2,1-3H3. The lowest BCUT2D eigenvalue weighted by atomic mass is 10.1. The molecule has 0 radical (unpaired) electrons. The van der Waals surface area contributed by atoms with Gasteiger partial charge in [0.05, 0.1) is 28.1 Å². The molecule has 0 aromatic carbocycles. The van der Waals surface area contributed by atoms with E-state index in [1.165, 1.54) is 0 Å². The first kappa shape index (κ1) is 14.2. The van der Waals surface area contributed by atoms with Crippen molar-refractivity contribution in [3.8, 4) is 0 Å². The number of nitrogens with zero attached hydrogens (tertiary/aromatic N) is 4. The minimum atomic E-state index is 0.0198. The van der Waals surface area contributed by atoms with Crippen LogP contribution in [0.3, 0.4) is 0 Å². The van der Waals surface area contributed by atoms with Gasteiger partial charge in [-0.15, -0.1) is 0 Å². The van der Waals surface area contributed by atoms with Gasteiger partial charge in [0.25, 0.3) is 0 Å². The minimum absolute atomic E-state index is 0.0198. The Kier molecular flexibility index (Phi) is 4.38. The Hall–Kier alpha value is -1.18. The van der Waals surface area contributed by atoms with Crippen molar-refractivity contribution in [2.24, 2.45) is 12.9 Å². The molecule has 0 bridgehead atoms. The van der Waals surface area contributed by atoms with E-state index in [2.05, 4.69) is 38.5 Å². The molecule has 0 amide bonds.